The van der Waals surface area contributed by atoms with Gasteiger partial charge in [0.2, 0.25) is 5.91 Å². The molecule has 0 radical (unpaired) electrons. The highest BCUT2D eigenvalue weighted by atomic mass is 19.2. The second-order valence-electron chi connectivity index (χ2n) is 4.69. The lowest BCUT2D eigenvalue weighted by Gasteiger charge is -2.32. The van der Waals surface area contributed by atoms with E-state index in [1.807, 2.05) is 11.8 Å². The molecule has 2 rings (SSSR count). The molecule has 1 aliphatic rings. The number of ether oxygens (including phenoxy) is 1. The van der Waals surface area contributed by atoms with E-state index in [1.54, 1.807) is 0 Å². The molecule has 21 heavy (non-hydrogen) atoms. The van der Waals surface area contributed by atoms with Crippen LogP contribution in [0.15, 0.2) is 18.2 Å². The predicted octanol–water partition coefficient (Wildman–Crippen LogP) is 1.54. The standard InChI is InChI=1S/C14H16F2N2O3/c1-2-18-5-6-21-14(20)12(18)8-13(19)17-9-3-4-10(15)11(16)7-9/h3-4,7,12H,2,5-6,8H2,1H3,(H,17,19)/t12-/m1/s1. The first-order chi connectivity index (χ1) is 10.0. The van der Waals surface area contributed by atoms with Crippen molar-refractivity contribution in [2.45, 2.75) is 19.4 Å². The number of rotatable bonds is 4. The molecular weight excluding hydrogens is 282 g/mol. The van der Waals surface area contributed by atoms with E-state index in [0.717, 1.165) is 12.1 Å². The van der Waals surface area contributed by atoms with Gasteiger partial charge in [0.15, 0.2) is 11.6 Å². The minimum atomic E-state index is -1.04. The molecular formula is C14H16F2N2O3. The highest BCUT2D eigenvalue weighted by Gasteiger charge is 2.32. The topological polar surface area (TPSA) is 58.6 Å². The number of benzene rings is 1. The maximum atomic E-state index is 13.1. The van der Waals surface area contributed by atoms with Gasteiger partial charge in [-0.05, 0) is 18.7 Å². The SMILES string of the molecule is CCN1CCOC(=O)[C@H]1CC(=O)Nc1ccc(F)c(F)c1. The minimum Gasteiger partial charge on any atom is -0.463 e. The summed E-state index contributed by atoms with van der Waals surface area (Å²) in [7, 11) is 0. The average molecular weight is 298 g/mol. The molecule has 1 atom stereocenters. The van der Waals surface area contributed by atoms with E-state index in [4.69, 9.17) is 4.74 Å². The van der Waals surface area contributed by atoms with Crippen LogP contribution in [-0.4, -0.2) is 42.5 Å². The smallest absolute Gasteiger partial charge is 0.323 e. The van der Waals surface area contributed by atoms with Gasteiger partial charge in [0, 0.05) is 18.3 Å². The summed E-state index contributed by atoms with van der Waals surface area (Å²) in [4.78, 5) is 25.5. The number of morpholine rings is 1. The number of nitrogens with zero attached hydrogens (tertiary/aromatic N) is 1. The quantitative estimate of drug-likeness (QED) is 0.857. The van der Waals surface area contributed by atoms with E-state index in [2.05, 4.69) is 5.32 Å². The molecule has 0 aliphatic carbocycles. The third-order valence-corrected chi connectivity index (χ3v) is 3.32. The number of hydrogen-bond acceptors (Lipinski definition) is 4. The third-order valence-electron chi connectivity index (χ3n) is 3.32. The van der Waals surface area contributed by atoms with Crippen molar-refractivity contribution in [1.29, 1.82) is 0 Å². The molecule has 114 valence electrons. The van der Waals surface area contributed by atoms with Crippen LogP contribution < -0.4 is 5.32 Å². The second-order valence-corrected chi connectivity index (χ2v) is 4.69. The van der Waals surface area contributed by atoms with Crippen LogP contribution in [0.5, 0.6) is 0 Å². The Kier molecular flexibility index (Phi) is 4.85. The molecule has 0 spiro atoms. The number of hydrogen-bond donors (Lipinski definition) is 1. The molecule has 1 fully saturated rings. The second kappa shape index (κ2) is 6.62. The van der Waals surface area contributed by atoms with Crippen molar-refractivity contribution >= 4 is 17.6 Å². The zero-order valence-corrected chi connectivity index (χ0v) is 11.6. The summed E-state index contributed by atoms with van der Waals surface area (Å²) >= 11 is 0. The summed E-state index contributed by atoms with van der Waals surface area (Å²) in [5, 5.41) is 2.44. The molecule has 1 aromatic rings. The summed E-state index contributed by atoms with van der Waals surface area (Å²) in [6, 6.07) is 2.43. The van der Waals surface area contributed by atoms with Crippen LogP contribution in [0.3, 0.4) is 0 Å². The number of likely N-dealkylation sites (N-methyl/N-ethyl adjacent to an activating group) is 1. The Bertz CT molecular complexity index is 551. The summed E-state index contributed by atoms with van der Waals surface area (Å²) in [6.07, 6.45) is -0.0916. The fourth-order valence-corrected chi connectivity index (χ4v) is 2.22. The lowest BCUT2D eigenvalue weighted by molar-refractivity contribution is -0.158. The van der Waals surface area contributed by atoms with Crippen LogP contribution in [0.4, 0.5) is 14.5 Å². The number of carbonyl (C=O) groups excluding carboxylic acids is 2. The van der Waals surface area contributed by atoms with Crippen LogP contribution in [0.1, 0.15) is 13.3 Å². The van der Waals surface area contributed by atoms with Crippen molar-refractivity contribution in [3.8, 4) is 0 Å². The molecule has 0 saturated carbocycles. The maximum Gasteiger partial charge on any atom is 0.323 e. The largest absolute Gasteiger partial charge is 0.463 e. The van der Waals surface area contributed by atoms with Crippen molar-refractivity contribution in [2.75, 3.05) is 25.0 Å². The first-order valence-corrected chi connectivity index (χ1v) is 6.67. The van der Waals surface area contributed by atoms with E-state index >= 15 is 0 Å². The average Bonchev–Trinajstić information content (AvgIpc) is 2.45. The number of halogens is 2. The number of esters is 1. The van der Waals surface area contributed by atoms with E-state index < -0.39 is 29.6 Å². The normalized spacial score (nSPS) is 19.2. The van der Waals surface area contributed by atoms with E-state index in [0.29, 0.717) is 19.7 Å². The van der Waals surface area contributed by atoms with Crippen LogP contribution in [0, 0.1) is 11.6 Å². The fraction of sp³-hybridized carbons (Fsp3) is 0.429. The summed E-state index contributed by atoms with van der Waals surface area (Å²) in [5.74, 6) is -2.92. The maximum absolute atomic E-state index is 13.1. The summed E-state index contributed by atoms with van der Waals surface area (Å²) < 4.78 is 30.8. The highest BCUT2D eigenvalue weighted by molar-refractivity contribution is 5.94. The Labute approximate surface area is 120 Å². The van der Waals surface area contributed by atoms with Gasteiger partial charge in [-0.1, -0.05) is 6.92 Å². The van der Waals surface area contributed by atoms with Crippen molar-refractivity contribution < 1.29 is 23.1 Å². The first-order valence-electron chi connectivity index (χ1n) is 6.67. The molecule has 1 amide bonds. The first kappa shape index (κ1) is 15.4. The van der Waals surface area contributed by atoms with Crippen molar-refractivity contribution in [1.82, 2.24) is 4.90 Å². The molecule has 0 unspecified atom stereocenters. The van der Waals surface area contributed by atoms with E-state index in [-0.39, 0.29) is 12.1 Å². The molecule has 0 aromatic heterocycles. The van der Waals surface area contributed by atoms with E-state index in [9.17, 15) is 18.4 Å². The molecule has 1 saturated heterocycles. The van der Waals surface area contributed by atoms with Gasteiger partial charge in [-0.2, -0.15) is 0 Å². The molecule has 1 aromatic carbocycles. The van der Waals surface area contributed by atoms with Gasteiger partial charge in [-0.25, -0.2) is 8.78 Å². The van der Waals surface area contributed by atoms with Gasteiger partial charge < -0.3 is 10.1 Å². The molecule has 1 heterocycles. The summed E-state index contributed by atoms with van der Waals surface area (Å²) in [5.41, 5.74) is 0.145. The number of anilines is 1. The number of carbonyl (C=O) groups is 2. The fourth-order valence-electron chi connectivity index (χ4n) is 2.22. The molecule has 7 heteroatoms. The highest BCUT2D eigenvalue weighted by Crippen LogP contribution is 2.16. The van der Waals surface area contributed by atoms with Crippen LogP contribution in [0.2, 0.25) is 0 Å². The number of nitrogens with one attached hydrogen (secondary N) is 1. The lowest BCUT2D eigenvalue weighted by Crippen LogP contribution is -2.50. The molecule has 0 bridgehead atoms. The Balaban J connectivity index is 1.99. The Hall–Kier alpha value is -2.02. The van der Waals surface area contributed by atoms with Crippen LogP contribution in [-0.2, 0) is 14.3 Å². The zero-order chi connectivity index (χ0) is 15.4. The zero-order valence-electron chi connectivity index (χ0n) is 11.6. The molecule has 1 aliphatic heterocycles. The van der Waals surface area contributed by atoms with E-state index in [1.165, 1.54) is 6.07 Å². The van der Waals surface area contributed by atoms with Gasteiger partial charge in [-0.15, -0.1) is 0 Å². The van der Waals surface area contributed by atoms with Crippen LogP contribution >= 0.6 is 0 Å². The van der Waals surface area contributed by atoms with Gasteiger partial charge in [0.1, 0.15) is 12.6 Å². The van der Waals surface area contributed by atoms with Gasteiger partial charge >= 0.3 is 5.97 Å². The lowest BCUT2D eigenvalue weighted by atomic mass is 10.1. The van der Waals surface area contributed by atoms with Gasteiger partial charge in [0.25, 0.3) is 0 Å². The Morgan fingerprint density at radius 1 is 1.43 bits per heavy atom. The van der Waals surface area contributed by atoms with Crippen molar-refractivity contribution in [3.05, 3.63) is 29.8 Å². The number of amides is 1. The minimum absolute atomic E-state index is 0.0916. The van der Waals surface area contributed by atoms with Crippen molar-refractivity contribution in [2.24, 2.45) is 0 Å². The monoisotopic (exact) mass is 298 g/mol. The molecule has 1 N–H and O–H groups in total. The predicted molar refractivity (Wildman–Crippen MR) is 71.6 cm³/mol. The van der Waals surface area contributed by atoms with Gasteiger partial charge in [-0.3, -0.25) is 14.5 Å². The van der Waals surface area contributed by atoms with Crippen LogP contribution in [0.25, 0.3) is 0 Å². The van der Waals surface area contributed by atoms with Gasteiger partial charge in [0.05, 0.1) is 6.42 Å². The Morgan fingerprint density at radius 2 is 2.19 bits per heavy atom. The van der Waals surface area contributed by atoms with Crippen molar-refractivity contribution in [3.63, 3.8) is 0 Å². The molecule has 5 nitrogen and oxygen atoms in total. The number of cyclic esters (lactones) is 1. The third kappa shape index (κ3) is 3.75. The Morgan fingerprint density at radius 3 is 2.86 bits per heavy atom. The summed E-state index contributed by atoms with van der Waals surface area (Å²) in [6.45, 7) is 3.40.